The van der Waals surface area contributed by atoms with Gasteiger partial charge in [0.15, 0.2) is 0 Å². The first kappa shape index (κ1) is 22.3. The number of piperazine rings is 1. The van der Waals surface area contributed by atoms with Crippen LogP contribution in [0.1, 0.15) is 29.3 Å². The molecule has 7 nitrogen and oxygen atoms in total. The zero-order valence-electron chi connectivity index (χ0n) is 19.3. The molecule has 170 valence electrons. The number of pyridine rings is 1. The summed E-state index contributed by atoms with van der Waals surface area (Å²) in [5.41, 5.74) is 4.51. The number of nitrogens with zero attached hydrogens (tertiary/aromatic N) is 3. The van der Waals surface area contributed by atoms with Crippen LogP contribution >= 0.6 is 0 Å². The lowest BCUT2D eigenvalue weighted by atomic mass is 10.1. The molecule has 0 atom stereocenters. The van der Waals surface area contributed by atoms with Crippen LogP contribution in [0.25, 0.3) is 11.0 Å². The zero-order valence-corrected chi connectivity index (χ0v) is 19.3. The molecule has 1 aliphatic heterocycles. The van der Waals surface area contributed by atoms with Crippen LogP contribution in [0.15, 0.2) is 39.7 Å². The first-order chi connectivity index (χ1) is 15.5. The molecule has 3 heterocycles. The maximum absolute atomic E-state index is 12.1. The third-order valence-corrected chi connectivity index (χ3v) is 6.09. The van der Waals surface area contributed by atoms with Gasteiger partial charge < -0.3 is 13.9 Å². The van der Waals surface area contributed by atoms with Crippen LogP contribution in [-0.2, 0) is 13.1 Å². The highest BCUT2D eigenvalue weighted by atomic mass is 16.5. The molecular formula is C25H31N3O4. The first-order valence-corrected chi connectivity index (χ1v) is 11.1. The van der Waals surface area contributed by atoms with E-state index in [1.807, 2.05) is 38.2 Å². The molecule has 1 fully saturated rings. The molecule has 0 amide bonds. The van der Waals surface area contributed by atoms with Gasteiger partial charge >= 0.3 is 5.63 Å². The summed E-state index contributed by atoms with van der Waals surface area (Å²) in [4.78, 5) is 21.5. The van der Waals surface area contributed by atoms with Crippen molar-refractivity contribution in [2.75, 3.05) is 39.9 Å². The molecule has 2 aromatic heterocycles. The van der Waals surface area contributed by atoms with Crippen molar-refractivity contribution < 1.29 is 13.9 Å². The van der Waals surface area contributed by atoms with Gasteiger partial charge in [-0.25, -0.2) is 4.79 Å². The van der Waals surface area contributed by atoms with E-state index in [0.29, 0.717) is 18.7 Å². The van der Waals surface area contributed by atoms with E-state index in [0.717, 1.165) is 72.0 Å². The Morgan fingerprint density at radius 1 is 1.06 bits per heavy atom. The molecule has 0 N–H and O–H groups in total. The summed E-state index contributed by atoms with van der Waals surface area (Å²) in [5.74, 6) is 1.71. The molecule has 3 aromatic rings. The molecular weight excluding hydrogens is 406 g/mol. The molecule has 0 aliphatic carbocycles. The van der Waals surface area contributed by atoms with Crippen LogP contribution < -0.4 is 15.1 Å². The zero-order chi connectivity index (χ0) is 22.7. The second kappa shape index (κ2) is 9.71. The number of methoxy groups -OCH3 is 1. The Kier molecular flexibility index (Phi) is 6.77. The molecule has 0 radical (unpaired) electrons. The minimum atomic E-state index is -0.315. The summed E-state index contributed by atoms with van der Waals surface area (Å²) >= 11 is 0. The fourth-order valence-corrected chi connectivity index (χ4v) is 4.38. The van der Waals surface area contributed by atoms with Gasteiger partial charge in [0.1, 0.15) is 17.1 Å². The van der Waals surface area contributed by atoms with Gasteiger partial charge in [-0.15, -0.1) is 0 Å². The third-order valence-electron chi connectivity index (χ3n) is 6.09. The summed E-state index contributed by atoms with van der Waals surface area (Å²) < 4.78 is 16.6. The minimum absolute atomic E-state index is 0.315. The number of hydrogen-bond acceptors (Lipinski definition) is 7. The largest absolute Gasteiger partial charge is 0.496 e. The Balaban J connectivity index is 1.44. The van der Waals surface area contributed by atoms with Gasteiger partial charge in [0.05, 0.1) is 19.4 Å². The molecule has 1 aromatic carbocycles. The summed E-state index contributed by atoms with van der Waals surface area (Å²) in [6.45, 7) is 11.9. The van der Waals surface area contributed by atoms with Crippen LogP contribution in [0.4, 0.5) is 0 Å². The Bertz CT molecular complexity index is 1150. The van der Waals surface area contributed by atoms with Crippen molar-refractivity contribution in [3.8, 4) is 11.5 Å². The molecule has 1 saturated heterocycles. The van der Waals surface area contributed by atoms with Gasteiger partial charge in [0, 0.05) is 68.0 Å². The van der Waals surface area contributed by atoms with E-state index >= 15 is 0 Å². The Hall–Kier alpha value is -2.90. The van der Waals surface area contributed by atoms with Gasteiger partial charge in [-0.3, -0.25) is 14.8 Å². The number of benzene rings is 1. The van der Waals surface area contributed by atoms with Crippen molar-refractivity contribution in [3.63, 3.8) is 0 Å². The fourth-order valence-electron chi connectivity index (χ4n) is 4.38. The Morgan fingerprint density at radius 2 is 1.78 bits per heavy atom. The fraction of sp³-hybridized carbons (Fsp3) is 0.440. The van der Waals surface area contributed by atoms with E-state index in [1.165, 1.54) is 0 Å². The average molecular weight is 438 g/mol. The quantitative estimate of drug-likeness (QED) is 0.524. The van der Waals surface area contributed by atoms with Crippen LogP contribution in [0.5, 0.6) is 11.5 Å². The number of ether oxygens (including phenoxy) is 2. The molecule has 7 heteroatoms. The molecule has 4 rings (SSSR count). The molecule has 1 aliphatic rings. The van der Waals surface area contributed by atoms with Crippen molar-refractivity contribution in [3.05, 3.63) is 63.3 Å². The van der Waals surface area contributed by atoms with Gasteiger partial charge in [0.25, 0.3) is 0 Å². The Morgan fingerprint density at radius 3 is 2.47 bits per heavy atom. The summed E-state index contributed by atoms with van der Waals surface area (Å²) in [7, 11) is 1.71. The minimum Gasteiger partial charge on any atom is -0.496 e. The number of hydrogen-bond donors (Lipinski definition) is 0. The number of aromatic nitrogens is 1. The average Bonchev–Trinajstić information content (AvgIpc) is 2.78. The van der Waals surface area contributed by atoms with Crippen LogP contribution in [0.2, 0.25) is 0 Å². The van der Waals surface area contributed by atoms with E-state index < -0.39 is 0 Å². The second-order valence-electron chi connectivity index (χ2n) is 8.28. The van der Waals surface area contributed by atoms with Crippen molar-refractivity contribution in [1.29, 1.82) is 0 Å². The predicted octanol–water partition coefficient (Wildman–Crippen LogP) is 3.53. The second-order valence-corrected chi connectivity index (χ2v) is 8.28. The number of fused-ring (bicyclic) bond motifs is 1. The van der Waals surface area contributed by atoms with Crippen molar-refractivity contribution in [2.24, 2.45) is 0 Å². The van der Waals surface area contributed by atoms with E-state index in [-0.39, 0.29) is 5.63 Å². The predicted molar refractivity (Wildman–Crippen MR) is 124 cm³/mol. The standard InChI is InChI=1S/C25H31N3O4/c1-5-31-20-6-7-23-21(13-20)19(12-24(29)32-23)15-27-8-10-28(11-9-27)16-22-18(3)25(30-4)17(2)14-26-22/h6-7,12-14H,5,8-11,15-16H2,1-4H3. The summed E-state index contributed by atoms with van der Waals surface area (Å²) in [5, 5.41) is 0.935. The van der Waals surface area contributed by atoms with Crippen LogP contribution in [0, 0.1) is 13.8 Å². The van der Waals surface area contributed by atoms with E-state index in [1.54, 1.807) is 13.2 Å². The smallest absolute Gasteiger partial charge is 0.336 e. The third kappa shape index (κ3) is 4.79. The highest BCUT2D eigenvalue weighted by molar-refractivity contribution is 5.81. The van der Waals surface area contributed by atoms with Gasteiger partial charge in [-0.1, -0.05) is 0 Å². The number of rotatable bonds is 7. The molecule has 0 bridgehead atoms. The first-order valence-electron chi connectivity index (χ1n) is 11.1. The molecule has 0 saturated carbocycles. The summed E-state index contributed by atoms with van der Waals surface area (Å²) in [6.07, 6.45) is 1.89. The normalized spacial score (nSPS) is 15.2. The lowest BCUT2D eigenvalue weighted by Crippen LogP contribution is -2.45. The van der Waals surface area contributed by atoms with Gasteiger partial charge in [-0.05, 0) is 44.5 Å². The lowest BCUT2D eigenvalue weighted by Gasteiger charge is -2.35. The van der Waals surface area contributed by atoms with E-state index in [9.17, 15) is 4.79 Å². The summed E-state index contributed by atoms with van der Waals surface area (Å²) in [6, 6.07) is 7.23. The van der Waals surface area contributed by atoms with Crippen molar-refractivity contribution in [2.45, 2.75) is 33.9 Å². The van der Waals surface area contributed by atoms with E-state index in [2.05, 4.69) is 21.7 Å². The monoisotopic (exact) mass is 437 g/mol. The molecule has 0 spiro atoms. The maximum atomic E-state index is 12.1. The van der Waals surface area contributed by atoms with Crippen molar-refractivity contribution in [1.82, 2.24) is 14.8 Å². The number of aryl methyl sites for hydroxylation is 1. The van der Waals surface area contributed by atoms with Gasteiger partial charge in [-0.2, -0.15) is 0 Å². The van der Waals surface area contributed by atoms with Crippen LogP contribution in [-0.4, -0.2) is 54.7 Å². The highest BCUT2D eigenvalue weighted by Gasteiger charge is 2.20. The highest BCUT2D eigenvalue weighted by Crippen LogP contribution is 2.26. The molecule has 32 heavy (non-hydrogen) atoms. The van der Waals surface area contributed by atoms with Gasteiger partial charge in [0.2, 0.25) is 0 Å². The topological polar surface area (TPSA) is 68.0 Å². The Labute approximate surface area is 188 Å². The molecule has 0 unspecified atom stereocenters. The van der Waals surface area contributed by atoms with Crippen molar-refractivity contribution >= 4 is 11.0 Å². The van der Waals surface area contributed by atoms with E-state index in [4.69, 9.17) is 13.9 Å². The SMILES string of the molecule is CCOc1ccc2oc(=O)cc(CN3CCN(Cc4ncc(C)c(OC)c4C)CC3)c2c1. The van der Waals surface area contributed by atoms with Crippen LogP contribution in [0.3, 0.4) is 0 Å². The lowest BCUT2D eigenvalue weighted by molar-refractivity contribution is 0.121. The maximum Gasteiger partial charge on any atom is 0.336 e.